The Balaban J connectivity index is 1.90. The number of aryl methyl sites for hydroxylation is 2. The van der Waals surface area contributed by atoms with Gasteiger partial charge in [-0.15, -0.1) is 11.3 Å². The van der Waals surface area contributed by atoms with Crippen LogP contribution in [0.2, 0.25) is 0 Å². The molecule has 104 valence electrons. The summed E-state index contributed by atoms with van der Waals surface area (Å²) < 4.78 is 4.27. The number of nitrogens with zero attached hydrogens (tertiary/aromatic N) is 2. The maximum absolute atomic E-state index is 6.39. The predicted molar refractivity (Wildman–Crippen MR) is 88.1 cm³/mol. The van der Waals surface area contributed by atoms with E-state index >= 15 is 0 Å². The number of benzene rings is 1. The molecule has 0 saturated heterocycles. The van der Waals surface area contributed by atoms with E-state index in [4.69, 9.17) is 5.73 Å². The highest BCUT2D eigenvalue weighted by Crippen LogP contribution is 2.31. The molecule has 0 bridgehead atoms. The van der Waals surface area contributed by atoms with E-state index in [1.54, 1.807) is 11.3 Å². The van der Waals surface area contributed by atoms with Crippen molar-refractivity contribution in [1.29, 1.82) is 0 Å². The SMILES string of the molecule is Cc1nn(C)c(CC(N)c2cc3ccccc3s2)c1Br. The Morgan fingerprint density at radius 3 is 2.80 bits per heavy atom. The van der Waals surface area contributed by atoms with Gasteiger partial charge in [-0.05, 0) is 40.4 Å². The normalized spacial score (nSPS) is 13.0. The number of hydrogen-bond donors (Lipinski definition) is 1. The molecule has 1 unspecified atom stereocenters. The number of nitrogens with two attached hydrogens (primary N) is 1. The summed E-state index contributed by atoms with van der Waals surface area (Å²) in [6.07, 6.45) is 0.782. The summed E-state index contributed by atoms with van der Waals surface area (Å²) >= 11 is 5.37. The molecule has 0 aliphatic carbocycles. The van der Waals surface area contributed by atoms with Crippen LogP contribution >= 0.6 is 27.3 Å². The van der Waals surface area contributed by atoms with Gasteiger partial charge in [0.2, 0.25) is 0 Å². The second-order valence-electron chi connectivity index (χ2n) is 4.97. The summed E-state index contributed by atoms with van der Waals surface area (Å²) in [4.78, 5) is 1.22. The Morgan fingerprint density at radius 2 is 2.15 bits per heavy atom. The van der Waals surface area contributed by atoms with Crippen molar-refractivity contribution < 1.29 is 0 Å². The molecule has 3 rings (SSSR count). The number of fused-ring (bicyclic) bond motifs is 1. The van der Waals surface area contributed by atoms with Gasteiger partial charge < -0.3 is 5.73 Å². The Morgan fingerprint density at radius 1 is 1.40 bits per heavy atom. The molecule has 1 aromatic carbocycles. The molecule has 3 aromatic rings. The second-order valence-corrected chi connectivity index (χ2v) is 6.88. The zero-order valence-corrected chi connectivity index (χ0v) is 13.8. The lowest BCUT2D eigenvalue weighted by Gasteiger charge is -2.10. The summed E-state index contributed by atoms with van der Waals surface area (Å²) in [5.41, 5.74) is 8.54. The number of rotatable bonds is 3. The average molecular weight is 350 g/mol. The van der Waals surface area contributed by atoms with Gasteiger partial charge in [0.25, 0.3) is 0 Å². The first-order chi connectivity index (χ1) is 9.56. The summed E-state index contributed by atoms with van der Waals surface area (Å²) in [6.45, 7) is 2.00. The Kier molecular flexibility index (Phi) is 3.67. The standard InChI is InChI=1S/C15H16BrN3S/c1-9-15(16)12(19(2)18-9)8-11(17)14-7-10-5-3-4-6-13(10)20-14/h3-7,11H,8,17H2,1-2H3. The second kappa shape index (κ2) is 5.31. The van der Waals surface area contributed by atoms with E-state index in [0.29, 0.717) is 0 Å². The summed E-state index contributed by atoms with van der Waals surface area (Å²) in [6, 6.07) is 10.6. The molecule has 0 amide bonds. The van der Waals surface area contributed by atoms with E-state index in [-0.39, 0.29) is 6.04 Å². The van der Waals surface area contributed by atoms with Gasteiger partial charge in [0.1, 0.15) is 0 Å². The molecule has 2 N–H and O–H groups in total. The lowest BCUT2D eigenvalue weighted by molar-refractivity contribution is 0.644. The van der Waals surface area contributed by atoms with Crippen LogP contribution in [0.25, 0.3) is 10.1 Å². The minimum absolute atomic E-state index is 0.00139. The number of aromatic nitrogens is 2. The molecule has 20 heavy (non-hydrogen) atoms. The lowest BCUT2D eigenvalue weighted by Crippen LogP contribution is -2.14. The first kappa shape index (κ1) is 13.8. The third-order valence-corrected chi connectivity index (χ3v) is 5.76. The van der Waals surface area contributed by atoms with Gasteiger partial charge in [0, 0.05) is 29.1 Å². The monoisotopic (exact) mass is 349 g/mol. The molecule has 2 heterocycles. The van der Waals surface area contributed by atoms with Gasteiger partial charge in [-0.3, -0.25) is 4.68 Å². The van der Waals surface area contributed by atoms with Crippen LogP contribution in [0.3, 0.4) is 0 Å². The molecule has 0 aliphatic heterocycles. The third kappa shape index (κ3) is 2.41. The van der Waals surface area contributed by atoms with E-state index in [2.05, 4.69) is 51.4 Å². The quantitative estimate of drug-likeness (QED) is 0.777. The van der Waals surface area contributed by atoms with Gasteiger partial charge in [-0.1, -0.05) is 18.2 Å². The van der Waals surface area contributed by atoms with Crippen molar-refractivity contribution in [3.05, 3.63) is 51.1 Å². The van der Waals surface area contributed by atoms with E-state index < -0.39 is 0 Å². The Labute approximate surface area is 130 Å². The van der Waals surface area contributed by atoms with Crippen molar-refractivity contribution in [2.45, 2.75) is 19.4 Å². The van der Waals surface area contributed by atoms with Gasteiger partial charge in [-0.2, -0.15) is 5.10 Å². The maximum atomic E-state index is 6.39. The molecule has 2 aromatic heterocycles. The Bertz CT molecular complexity index is 727. The molecule has 0 saturated carbocycles. The molecule has 0 radical (unpaired) electrons. The molecule has 3 nitrogen and oxygen atoms in total. The molecular weight excluding hydrogens is 334 g/mol. The molecule has 0 aliphatic rings. The van der Waals surface area contributed by atoms with Crippen molar-refractivity contribution in [3.8, 4) is 0 Å². The molecule has 1 atom stereocenters. The highest BCUT2D eigenvalue weighted by molar-refractivity contribution is 9.10. The van der Waals surface area contributed by atoms with Crippen LogP contribution < -0.4 is 5.73 Å². The van der Waals surface area contributed by atoms with Crippen molar-refractivity contribution >= 4 is 37.4 Å². The van der Waals surface area contributed by atoms with Crippen LogP contribution in [0.4, 0.5) is 0 Å². The van der Waals surface area contributed by atoms with Crippen LogP contribution in [0.5, 0.6) is 0 Å². The van der Waals surface area contributed by atoms with Crippen molar-refractivity contribution in [2.75, 3.05) is 0 Å². The maximum Gasteiger partial charge on any atom is 0.0738 e. The topological polar surface area (TPSA) is 43.8 Å². The number of hydrogen-bond acceptors (Lipinski definition) is 3. The highest BCUT2D eigenvalue weighted by atomic mass is 79.9. The van der Waals surface area contributed by atoms with E-state index in [0.717, 1.165) is 22.3 Å². The summed E-state index contributed by atoms with van der Waals surface area (Å²) in [5.74, 6) is 0. The average Bonchev–Trinajstić information content (AvgIpc) is 2.95. The third-order valence-electron chi connectivity index (χ3n) is 3.48. The minimum Gasteiger partial charge on any atom is -0.323 e. The van der Waals surface area contributed by atoms with Gasteiger partial charge >= 0.3 is 0 Å². The van der Waals surface area contributed by atoms with E-state index in [9.17, 15) is 0 Å². The fraction of sp³-hybridized carbons (Fsp3) is 0.267. The van der Waals surface area contributed by atoms with Crippen LogP contribution in [0, 0.1) is 6.92 Å². The number of halogens is 1. The summed E-state index contributed by atoms with van der Waals surface area (Å²) in [5, 5.41) is 5.68. The summed E-state index contributed by atoms with van der Waals surface area (Å²) in [7, 11) is 1.96. The Hall–Kier alpha value is -1.17. The zero-order valence-electron chi connectivity index (χ0n) is 11.4. The molecule has 5 heteroatoms. The zero-order chi connectivity index (χ0) is 14.3. The first-order valence-electron chi connectivity index (χ1n) is 6.48. The molecular formula is C15H16BrN3S. The predicted octanol–water partition coefficient (Wildman–Crippen LogP) is 3.95. The highest BCUT2D eigenvalue weighted by Gasteiger charge is 2.17. The van der Waals surface area contributed by atoms with E-state index in [1.165, 1.54) is 15.0 Å². The van der Waals surface area contributed by atoms with Gasteiger partial charge in [-0.25, -0.2) is 0 Å². The minimum atomic E-state index is -0.00139. The van der Waals surface area contributed by atoms with Crippen molar-refractivity contribution in [2.24, 2.45) is 12.8 Å². The fourth-order valence-electron chi connectivity index (χ4n) is 2.40. The molecule has 0 spiro atoms. The van der Waals surface area contributed by atoms with Crippen LogP contribution in [0.1, 0.15) is 22.3 Å². The van der Waals surface area contributed by atoms with Crippen LogP contribution in [-0.4, -0.2) is 9.78 Å². The first-order valence-corrected chi connectivity index (χ1v) is 8.09. The van der Waals surface area contributed by atoms with Crippen molar-refractivity contribution in [1.82, 2.24) is 9.78 Å². The smallest absolute Gasteiger partial charge is 0.0738 e. The van der Waals surface area contributed by atoms with Crippen molar-refractivity contribution in [3.63, 3.8) is 0 Å². The van der Waals surface area contributed by atoms with Crippen LogP contribution in [0.15, 0.2) is 34.8 Å². The van der Waals surface area contributed by atoms with Crippen LogP contribution in [-0.2, 0) is 13.5 Å². The van der Waals surface area contributed by atoms with E-state index in [1.807, 2.05) is 18.7 Å². The largest absolute Gasteiger partial charge is 0.323 e. The van der Waals surface area contributed by atoms with Gasteiger partial charge in [0.15, 0.2) is 0 Å². The molecule has 0 fully saturated rings. The number of thiophene rings is 1. The van der Waals surface area contributed by atoms with Gasteiger partial charge in [0.05, 0.1) is 15.9 Å². The fourth-order valence-corrected chi connectivity index (χ4v) is 3.96. The lowest BCUT2D eigenvalue weighted by atomic mass is 10.1.